The molecule has 2 aromatic carbocycles. The zero-order valence-electron chi connectivity index (χ0n) is 17.8. The molecule has 0 unspecified atom stereocenters. The van der Waals surface area contributed by atoms with Crippen LogP contribution in [0.25, 0.3) is 0 Å². The highest BCUT2D eigenvalue weighted by atomic mass is 35.5. The van der Waals surface area contributed by atoms with Gasteiger partial charge in [0.2, 0.25) is 11.8 Å². The third kappa shape index (κ3) is 6.75. The van der Waals surface area contributed by atoms with Gasteiger partial charge in [0, 0.05) is 34.6 Å². The van der Waals surface area contributed by atoms with Crippen molar-refractivity contribution in [1.82, 2.24) is 10.2 Å². The van der Waals surface area contributed by atoms with Crippen molar-refractivity contribution in [2.45, 2.75) is 65.1 Å². The molecule has 0 bridgehead atoms. The molecule has 0 saturated carbocycles. The lowest BCUT2D eigenvalue weighted by Crippen LogP contribution is -2.50. The minimum absolute atomic E-state index is 0.0386. The first-order valence-corrected chi connectivity index (χ1v) is 11.2. The Bertz CT molecular complexity index is 822. The van der Waals surface area contributed by atoms with E-state index < -0.39 is 6.04 Å². The third-order valence-electron chi connectivity index (χ3n) is 5.25. The molecular weight excluding hydrogens is 419 g/mol. The van der Waals surface area contributed by atoms with Gasteiger partial charge in [-0.25, -0.2) is 0 Å². The number of carbonyl (C=O) groups excluding carboxylic acids is 2. The average Bonchev–Trinajstić information content (AvgIpc) is 2.74. The van der Waals surface area contributed by atoms with Gasteiger partial charge in [0.15, 0.2) is 0 Å². The van der Waals surface area contributed by atoms with E-state index in [4.69, 9.17) is 23.2 Å². The van der Waals surface area contributed by atoms with Crippen molar-refractivity contribution >= 4 is 35.0 Å². The molecule has 0 aromatic heterocycles. The second kappa shape index (κ2) is 12.0. The minimum atomic E-state index is -0.588. The first-order valence-electron chi connectivity index (χ1n) is 10.4. The number of nitrogens with one attached hydrogen (secondary N) is 1. The molecule has 0 aliphatic heterocycles. The molecule has 2 atom stereocenters. The smallest absolute Gasteiger partial charge is 0.243 e. The van der Waals surface area contributed by atoms with E-state index in [-0.39, 0.29) is 24.4 Å². The Morgan fingerprint density at radius 3 is 2.17 bits per heavy atom. The maximum atomic E-state index is 13.3. The Hall–Kier alpha value is -2.04. The minimum Gasteiger partial charge on any atom is -0.352 e. The van der Waals surface area contributed by atoms with E-state index in [0.29, 0.717) is 34.9 Å². The van der Waals surface area contributed by atoms with Crippen molar-refractivity contribution in [3.8, 4) is 0 Å². The topological polar surface area (TPSA) is 49.4 Å². The Balaban J connectivity index is 2.27. The highest BCUT2D eigenvalue weighted by Crippen LogP contribution is 2.27. The fraction of sp³-hybridized carbons (Fsp3) is 0.417. The van der Waals surface area contributed by atoms with E-state index in [1.807, 2.05) is 51.1 Å². The highest BCUT2D eigenvalue weighted by Gasteiger charge is 2.30. The van der Waals surface area contributed by atoms with Crippen LogP contribution in [0.15, 0.2) is 48.5 Å². The molecule has 2 rings (SSSR count). The summed E-state index contributed by atoms with van der Waals surface area (Å²) in [4.78, 5) is 27.8. The zero-order chi connectivity index (χ0) is 22.1. The Kier molecular flexibility index (Phi) is 9.67. The Morgan fingerprint density at radius 2 is 1.60 bits per heavy atom. The van der Waals surface area contributed by atoms with Gasteiger partial charge >= 0.3 is 0 Å². The Labute approximate surface area is 189 Å². The second-order valence-corrected chi connectivity index (χ2v) is 8.26. The fourth-order valence-corrected chi connectivity index (χ4v) is 3.77. The standard InChI is InChI=1S/C24H30Cl2N2O2/c1-4-17(3)27-24(30)22(5-2)28(16-19-20(25)12-9-13-21(19)26)23(29)15-14-18-10-7-6-8-11-18/h6-13,17,22H,4-5,14-16H2,1-3H3,(H,27,30)/t17-,22-/m0/s1. The molecule has 162 valence electrons. The predicted octanol–water partition coefficient (Wildman–Crippen LogP) is 5.65. The van der Waals surface area contributed by atoms with Crippen LogP contribution in [0.4, 0.5) is 0 Å². The number of amides is 2. The summed E-state index contributed by atoms with van der Waals surface area (Å²) in [7, 11) is 0. The van der Waals surface area contributed by atoms with Crippen LogP contribution in [0.3, 0.4) is 0 Å². The number of benzene rings is 2. The molecule has 4 nitrogen and oxygen atoms in total. The van der Waals surface area contributed by atoms with Gasteiger partial charge in [-0.05, 0) is 43.9 Å². The van der Waals surface area contributed by atoms with Gasteiger partial charge in [-0.1, -0.05) is 73.4 Å². The lowest BCUT2D eigenvalue weighted by Gasteiger charge is -2.32. The molecule has 1 N–H and O–H groups in total. The number of aryl methyl sites for hydroxylation is 1. The number of hydrogen-bond donors (Lipinski definition) is 1. The summed E-state index contributed by atoms with van der Waals surface area (Å²) in [6.07, 6.45) is 2.23. The summed E-state index contributed by atoms with van der Waals surface area (Å²) in [5.74, 6) is -0.246. The van der Waals surface area contributed by atoms with Gasteiger partial charge in [-0.3, -0.25) is 9.59 Å². The van der Waals surface area contributed by atoms with Crippen LogP contribution in [-0.2, 0) is 22.6 Å². The van der Waals surface area contributed by atoms with Crippen LogP contribution in [0.2, 0.25) is 10.0 Å². The lowest BCUT2D eigenvalue weighted by molar-refractivity contribution is -0.141. The van der Waals surface area contributed by atoms with Crippen molar-refractivity contribution in [2.24, 2.45) is 0 Å². The summed E-state index contributed by atoms with van der Waals surface area (Å²) < 4.78 is 0. The zero-order valence-corrected chi connectivity index (χ0v) is 19.3. The molecule has 2 aromatic rings. The highest BCUT2D eigenvalue weighted by molar-refractivity contribution is 6.36. The number of hydrogen-bond acceptors (Lipinski definition) is 2. The van der Waals surface area contributed by atoms with Crippen LogP contribution in [0.1, 0.15) is 51.2 Å². The van der Waals surface area contributed by atoms with Crippen molar-refractivity contribution in [1.29, 1.82) is 0 Å². The molecule has 2 amide bonds. The monoisotopic (exact) mass is 448 g/mol. The van der Waals surface area contributed by atoms with Crippen molar-refractivity contribution in [2.75, 3.05) is 0 Å². The molecule has 6 heteroatoms. The van der Waals surface area contributed by atoms with Crippen molar-refractivity contribution in [3.05, 3.63) is 69.7 Å². The number of rotatable bonds is 10. The van der Waals surface area contributed by atoms with Crippen molar-refractivity contribution in [3.63, 3.8) is 0 Å². The molecule has 0 fully saturated rings. The van der Waals surface area contributed by atoms with Crippen LogP contribution in [-0.4, -0.2) is 28.8 Å². The van der Waals surface area contributed by atoms with Gasteiger partial charge in [0.1, 0.15) is 6.04 Å². The normalized spacial score (nSPS) is 12.8. The van der Waals surface area contributed by atoms with Gasteiger partial charge in [-0.2, -0.15) is 0 Å². The molecular formula is C24H30Cl2N2O2. The summed E-state index contributed by atoms with van der Waals surface area (Å²) in [6.45, 7) is 6.07. The predicted molar refractivity (Wildman–Crippen MR) is 124 cm³/mol. The lowest BCUT2D eigenvalue weighted by atomic mass is 10.1. The molecule has 0 saturated heterocycles. The van der Waals surface area contributed by atoms with Gasteiger partial charge < -0.3 is 10.2 Å². The van der Waals surface area contributed by atoms with Crippen LogP contribution >= 0.6 is 23.2 Å². The van der Waals surface area contributed by atoms with Crippen LogP contribution in [0.5, 0.6) is 0 Å². The van der Waals surface area contributed by atoms with Crippen LogP contribution in [0, 0.1) is 0 Å². The van der Waals surface area contributed by atoms with E-state index in [1.54, 1.807) is 23.1 Å². The Morgan fingerprint density at radius 1 is 0.967 bits per heavy atom. The molecule has 0 heterocycles. The maximum absolute atomic E-state index is 13.3. The number of halogens is 2. The van der Waals surface area contributed by atoms with E-state index in [1.165, 1.54) is 0 Å². The van der Waals surface area contributed by atoms with Gasteiger partial charge in [0.25, 0.3) is 0 Å². The van der Waals surface area contributed by atoms with E-state index in [2.05, 4.69) is 5.32 Å². The van der Waals surface area contributed by atoms with Crippen molar-refractivity contribution < 1.29 is 9.59 Å². The van der Waals surface area contributed by atoms with Gasteiger partial charge in [-0.15, -0.1) is 0 Å². The van der Waals surface area contributed by atoms with E-state index >= 15 is 0 Å². The molecule has 0 radical (unpaired) electrons. The molecule has 0 aliphatic carbocycles. The third-order valence-corrected chi connectivity index (χ3v) is 5.96. The summed E-state index contributed by atoms with van der Waals surface area (Å²) in [5, 5.41) is 3.98. The number of nitrogens with zero attached hydrogens (tertiary/aromatic N) is 1. The number of carbonyl (C=O) groups is 2. The summed E-state index contributed by atoms with van der Waals surface area (Å²) in [5.41, 5.74) is 1.74. The fourth-order valence-electron chi connectivity index (χ4n) is 3.25. The average molecular weight is 449 g/mol. The first-order chi connectivity index (χ1) is 14.4. The summed E-state index contributed by atoms with van der Waals surface area (Å²) >= 11 is 12.7. The SMILES string of the molecule is CC[C@H](C)NC(=O)[C@H](CC)N(Cc1c(Cl)cccc1Cl)C(=O)CCc1ccccc1. The molecule has 0 spiro atoms. The first kappa shape index (κ1) is 24.2. The molecule has 30 heavy (non-hydrogen) atoms. The maximum Gasteiger partial charge on any atom is 0.243 e. The van der Waals surface area contributed by atoms with Crippen LogP contribution < -0.4 is 5.32 Å². The molecule has 0 aliphatic rings. The quantitative estimate of drug-likeness (QED) is 0.510. The van der Waals surface area contributed by atoms with E-state index in [9.17, 15) is 9.59 Å². The van der Waals surface area contributed by atoms with E-state index in [0.717, 1.165) is 12.0 Å². The van der Waals surface area contributed by atoms with Gasteiger partial charge in [0.05, 0.1) is 0 Å². The largest absolute Gasteiger partial charge is 0.352 e. The summed E-state index contributed by atoms with van der Waals surface area (Å²) in [6, 6.07) is 14.6. The second-order valence-electron chi connectivity index (χ2n) is 7.45.